The SMILES string of the molecule is Nc1ccc(C(=O)O)cc1OCc1cccc(F)c1Cl. The zero-order valence-corrected chi connectivity index (χ0v) is 11.0. The number of hydrogen-bond acceptors (Lipinski definition) is 3. The molecule has 0 aromatic heterocycles. The molecule has 0 spiro atoms. The highest BCUT2D eigenvalue weighted by molar-refractivity contribution is 6.31. The van der Waals surface area contributed by atoms with Crippen molar-refractivity contribution >= 4 is 23.3 Å². The van der Waals surface area contributed by atoms with Crippen molar-refractivity contribution < 1.29 is 19.0 Å². The van der Waals surface area contributed by atoms with Crippen LogP contribution in [-0.2, 0) is 6.61 Å². The first-order valence-electron chi connectivity index (χ1n) is 5.67. The molecule has 0 atom stereocenters. The van der Waals surface area contributed by atoms with E-state index >= 15 is 0 Å². The van der Waals surface area contributed by atoms with Crippen LogP contribution in [-0.4, -0.2) is 11.1 Å². The Morgan fingerprint density at radius 3 is 2.80 bits per heavy atom. The number of aromatic carboxylic acids is 1. The number of anilines is 1. The molecule has 0 aliphatic carbocycles. The molecule has 0 unspecified atom stereocenters. The van der Waals surface area contributed by atoms with E-state index in [1.165, 1.54) is 30.3 Å². The van der Waals surface area contributed by atoms with Crippen molar-refractivity contribution in [2.45, 2.75) is 6.61 Å². The van der Waals surface area contributed by atoms with E-state index in [0.29, 0.717) is 11.3 Å². The third kappa shape index (κ3) is 3.00. The zero-order chi connectivity index (χ0) is 14.7. The van der Waals surface area contributed by atoms with Gasteiger partial charge in [-0.3, -0.25) is 0 Å². The first kappa shape index (κ1) is 14.1. The Bertz CT molecular complexity index is 661. The van der Waals surface area contributed by atoms with Gasteiger partial charge in [-0.05, 0) is 24.3 Å². The molecule has 0 amide bonds. The highest BCUT2D eigenvalue weighted by Gasteiger charge is 2.10. The van der Waals surface area contributed by atoms with Gasteiger partial charge >= 0.3 is 5.97 Å². The van der Waals surface area contributed by atoms with Gasteiger partial charge in [0.05, 0.1) is 16.3 Å². The summed E-state index contributed by atoms with van der Waals surface area (Å²) in [7, 11) is 0. The van der Waals surface area contributed by atoms with Gasteiger partial charge in [-0.2, -0.15) is 0 Å². The number of halogens is 2. The van der Waals surface area contributed by atoms with Crippen molar-refractivity contribution in [3.8, 4) is 5.75 Å². The molecule has 0 aliphatic heterocycles. The average molecular weight is 296 g/mol. The van der Waals surface area contributed by atoms with Crippen molar-refractivity contribution in [1.82, 2.24) is 0 Å². The summed E-state index contributed by atoms with van der Waals surface area (Å²) in [6.45, 7) is -0.0101. The van der Waals surface area contributed by atoms with Crippen LogP contribution in [0.5, 0.6) is 5.75 Å². The van der Waals surface area contributed by atoms with Gasteiger partial charge in [0.15, 0.2) is 0 Å². The lowest BCUT2D eigenvalue weighted by molar-refractivity contribution is 0.0696. The summed E-state index contributed by atoms with van der Waals surface area (Å²) in [5.74, 6) is -1.41. The van der Waals surface area contributed by atoms with E-state index < -0.39 is 11.8 Å². The Morgan fingerprint density at radius 2 is 2.10 bits per heavy atom. The Labute approximate surface area is 119 Å². The number of ether oxygens (including phenoxy) is 1. The van der Waals surface area contributed by atoms with E-state index in [1.807, 2.05) is 0 Å². The minimum absolute atomic E-state index is 0.0101. The summed E-state index contributed by atoms with van der Waals surface area (Å²) >= 11 is 5.80. The van der Waals surface area contributed by atoms with Gasteiger partial charge in [-0.15, -0.1) is 0 Å². The average Bonchev–Trinajstić information content (AvgIpc) is 2.41. The maximum absolute atomic E-state index is 13.3. The Kier molecular flexibility index (Phi) is 4.10. The Hall–Kier alpha value is -2.27. The largest absolute Gasteiger partial charge is 0.487 e. The summed E-state index contributed by atoms with van der Waals surface area (Å²) in [6.07, 6.45) is 0. The van der Waals surface area contributed by atoms with Crippen LogP contribution in [0.15, 0.2) is 36.4 Å². The van der Waals surface area contributed by atoms with Gasteiger partial charge < -0.3 is 15.6 Å². The molecule has 104 valence electrons. The predicted octanol–water partition coefficient (Wildman–Crippen LogP) is 3.34. The molecule has 0 heterocycles. The number of hydrogen-bond donors (Lipinski definition) is 2. The fraction of sp³-hybridized carbons (Fsp3) is 0.0714. The standard InChI is InChI=1S/C14H11ClFNO3/c15-13-9(2-1-3-10(13)16)7-20-12-6-8(14(18)19)4-5-11(12)17/h1-6H,7,17H2,(H,18,19). The highest BCUT2D eigenvalue weighted by Crippen LogP contribution is 2.26. The number of carboxylic acids is 1. The molecule has 0 bridgehead atoms. The minimum Gasteiger partial charge on any atom is -0.487 e. The molecule has 20 heavy (non-hydrogen) atoms. The number of nitrogens with two attached hydrogens (primary N) is 1. The maximum atomic E-state index is 13.3. The van der Waals surface area contributed by atoms with Crippen molar-refractivity contribution in [1.29, 1.82) is 0 Å². The molecule has 3 N–H and O–H groups in total. The molecule has 0 saturated carbocycles. The normalized spacial score (nSPS) is 10.3. The van der Waals surface area contributed by atoms with E-state index in [9.17, 15) is 9.18 Å². The number of carboxylic acid groups (broad SMARTS) is 1. The molecule has 0 fully saturated rings. The molecule has 0 aliphatic rings. The highest BCUT2D eigenvalue weighted by atomic mass is 35.5. The topological polar surface area (TPSA) is 72.6 Å². The lowest BCUT2D eigenvalue weighted by Gasteiger charge is -2.11. The summed E-state index contributed by atoms with van der Waals surface area (Å²) in [5, 5.41) is 8.87. The van der Waals surface area contributed by atoms with Crippen LogP contribution in [0.25, 0.3) is 0 Å². The van der Waals surface area contributed by atoms with E-state index in [4.69, 9.17) is 27.2 Å². The van der Waals surface area contributed by atoms with Gasteiger partial charge in [0.2, 0.25) is 0 Å². The molecular formula is C14H11ClFNO3. The first-order chi connectivity index (χ1) is 9.49. The number of carbonyl (C=O) groups is 1. The molecule has 4 nitrogen and oxygen atoms in total. The second-order valence-corrected chi connectivity index (χ2v) is 4.44. The van der Waals surface area contributed by atoms with E-state index in [-0.39, 0.29) is 22.9 Å². The van der Waals surface area contributed by atoms with Gasteiger partial charge in [0, 0.05) is 5.56 Å². The van der Waals surface area contributed by atoms with E-state index in [0.717, 1.165) is 0 Å². The van der Waals surface area contributed by atoms with E-state index in [1.54, 1.807) is 6.07 Å². The van der Waals surface area contributed by atoms with Gasteiger partial charge in [0.25, 0.3) is 0 Å². The quantitative estimate of drug-likeness (QED) is 0.849. The predicted molar refractivity (Wildman–Crippen MR) is 73.6 cm³/mol. The third-order valence-electron chi connectivity index (χ3n) is 2.68. The summed E-state index contributed by atoms with van der Waals surface area (Å²) in [5.41, 5.74) is 6.50. The molecule has 0 saturated heterocycles. The van der Waals surface area contributed by atoms with Crippen molar-refractivity contribution in [2.75, 3.05) is 5.73 Å². The van der Waals surface area contributed by atoms with Crippen LogP contribution in [0.3, 0.4) is 0 Å². The number of nitrogen functional groups attached to an aromatic ring is 1. The Balaban J connectivity index is 2.20. The maximum Gasteiger partial charge on any atom is 0.335 e. The van der Waals surface area contributed by atoms with Crippen LogP contribution in [0.1, 0.15) is 15.9 Å². The van der Waals surface area contributed by atoms with Crippen LogP contribution in [0, 0.1) is 5.82 Å². The number of rotatable bonds is 4. The fourth-order valence-corrected chi connectivity index (χ4v) is 1.79. The molecule has 6 heteroatoms. The van der Waals surface area contributed by atoms with Crippen LogP contribution in [0.2, 0.25) is 5.02 Å². The minimum atomic E-state index is -1.08. The molecule has 0 radical (unpaired) electrons. The molecule has 2 aromatic carbocycles. The zero-order valence-electron chi connectivity index (χ0n) is 10.3. The third-order valence-corrected chi connectivity index (χ3v) is 3.10. The van der Waals surface area contributed by atoms with Crippen LogP contribution in [0.4, 0.5) is 10.1 Å². The Morgan fingerprint density at radius 1 is 1.35 bits per heavy atom. The van der Waals surface area contributed by atoms with Crippen molar-refractivity contribution in [3.63, 3.8) is 0 Å². The number of benzene rings is 2. The summed E-state index contributed by atoms with van der Waals surface area (Å²) < 4.78 is 18.7. The monoisotopic (exact) mass is 295 g/mol. The second kappa shape index (κ2) is 5.79. The molecule has 2 rings (SSSR count). The first-order valence-corrected chi connectivity index (χ1v) is 6.05. The summed E-state index contributed by atoms with van der Waals surface area (Å²) in [6, 6.07) is 8.49. The van der Waals surface area contributed by atoms with Gasteiger partial charge in [0.1, 0.15) is 18.2 Å². The lowest BCUT2D eigenvalue weighted by atomic mass is 10.2. The summed E-state index contributed by atoms with van der Waals surface area (Å²) in [4.78, 5) is 10.9. The van der Waals surface area contributed by atoms with Gasteiger partial charge in [-0.1, -0.05) is 23.7 Å². The van der Waals surface area contributed by atoms with Gasteiger partial charge in [-0.25, -0.2) is 9.18 Å². The fourth-order valence-electron chi connectivity index (χ4n) is 1.61. The van der Waals surface area contributed by atoms with Crippen molar-refractivity contribution in [3.05, 3.63) is 58.4 Å². The molecule has 2 aromatic rings. The molecular weight excluding hydrogens is 285 g/mol. The van der Waals surface area contributed by atoms with Crippen LogP contribution < -0.4 is 10.5 Å². The van der Waals surface area contributed by atoms with Crippen molar-refractivity contribution in [2.24, 2.45) is 0 Å². The second-order valence-electron chi connectivity index (χ2n) is 4.06. The van der Waals surface area contributed by atoms with E-state index in [2.05, 4.69) is 0 Å². The smallest absolute Gasteiger partial charge is 0.335 e. The lowest BCUT2D eigenvalue weighted by Crippen LogP contribution is -2.03. The van der Waals surface area contributed by atoms with Crippen LogP contribution >= 0.6 is 11.6 Å².